The van der Waals surface area contributed by atoms with Gasteiger partial charge in [-0.3, -0.25) is 0 Å². The largest absolute Gasteiger partial charge is 0.383 e. The van der Waals surface area contributed by atoms with Crippen LogP contribution >= 0.6 is 11.6 Å². The molecule has 0 aliphatic rings. The Labute approximate surface area is 139 Å². The zero-order valence-corrected chi connectivity index (χ0v) is 13.8. The highest BCUT2D eigenvalue weighted by Gasteiger charge is 2.11. The molecule has 0 saturated carbocycles. The number of aromatic amines is 1. The summed E-state index contributed by atoms with van der Waals surface area (Å²) in [6.07, 6.45) is 0. The fourth-order valence-corrected chi connectivity index (χ4v) is 2.67. The lowest BCUT2D eigenvalue weighted by atomic mass is 10.1. The van der Waals surface area contributed by atoms with Gasteiger partial charge < -0.3 is 10.3 Å². The molecule has 0 saturated heterocycles. The van der Waals surface area contributed by atoms with Crippen LogP contribution in [0.1, 0.15) is 18.2 Å². The number of allylic oxidation sites excluding steroid dienone is 1. The van der Waals surface area contributed by atoms with E-state index in [0.29, 0.717) is 28.4 Å². The Morgan fingerprint density at radius 3 is 2.83 bits per heavy atom. The van der Waals surface area contributed by atoms with Crippen molar-refractivity contribution in [1.29, 1.82) is 0 Å². The zero-order valence-electron chi connectivity index (χ0n) is 13.0. The predicted octanol–water partition coefficient (Wildman–Crippen LogP) is 4.95. The number of aryl methyl sites for hydroxylation is 1. The van der Waals surface area contributed by atoms with Gasteiger partial charge in [0.25, 0.3) is 0 Å². The number of H-pyrrole nitrogens is 1. The van der Waals surface area contributed by atoms with Crippen molar-refractivity contribution in [3.05, 3.63) is 64.8 Å². The van der Waals surface area contributed by atoms with Crippen molar-refractivity contribution in [2.45, 2.75) is 20.4 Å². The summed E-state index contributed by atoms with van der Waals surface area (Å²) < 4.78 is 13.7. The first kappa shape index (κ1) is 15.6. The molecule has 3 rings (SSSR count). The minimum Gasteiger partial charge on any atom is -0.383 e. The maximum absolute atomic E-state index is 13.7. The van der Waals surface area contributed by atoms with E-state index < -0.39 is 5.95 Å². The topological polar surface area (TPSA) is 40.7 Å². The molecule has 0 atom stereocenters. The third kappa shape index (κ3) is 3.22. The Morgan fingerprint density at radius 2 is 2.13 bits per heavy atom. The lowest BCUT2D eigenvalue weighted by Gasteiger charge is -2.05. The molecule has 23 heavy (non-hydrogen) atoms. The molecule has 0 fully saturated rings. The lowest BCUT2D eigenvalue weighted by molar-refractivity contribution is 0.576. The van der Waals surface area contributed by atoms with E-state index in [1.165, 1.54) is 0 Å². The maximum atomic E-state index is 13.7. The van der Waals surface area contributed by atoms with Gasteiger partial charge in [0.2, 0.25) is 5.95 Å². The second-order valence-corrected chi connectivity index (χ2v) is 6.06. The molecule has 0 amide bonds. The summed E-state index contributed by atoms with van der Waals surface area (Å²) in [5.41, 5.74) is 4.61. The Morgan fingerprint density at radius 1 is 1.35 bits per heavy atom. The molecule has 3 aromatic rings. The summed E-state index contributed by atoms with van der Waals surface area (Å²) in [7, 11) is 0. The second kappa shape index (κ2) is 6.05. The molecule has 3 nitrogen and oxygen atoms in total. The number of nitrogens with zero attached hydrogens (tertiary/aromatic N) is 1. The van der Waals surface area contributed by atoms with Crippen LogP contribution in [0.25, 0.3) is 22.2 Å². The second-order valence-electron chi connectivity index (χ2n) is 5.65. The minimum atomic E-state index is -0.475. The fourth-order valence-electron chi connectivity index (χ4n) is 2.40. The van der Waals surface area contributed by atoms with Crippen LogP contribution < -0.4 is 5.32 Å². The van der Waals surface area contributed by atoms with Crippen molar-refractivity contribution < 1.29 is 4.39 Å². The van der Waals surface area contributed by atoms with E-state index >= 15 is 0 Å². The first-order chi connectivity index (χ1) is 10.9. The maximum Gasteiger partial charge on any atom is 0.216 e. The number of benzene rings is 1. The van der Waals surface area contributed by atoms with E-state index in [-0.39, 0.29) is 0 Å². The Bertz CT molecular complexity index is 899. The van der Waals surface area contributed by atoms with Gasteiger partial charge in [-0.25, -0.2) is 4.98 Å². The highest BCUT2D eigenvalue weighted by atomic mass is 35.5. The number of nitrogens with one attached hydrogen (secondary N) is 2. The van der Waals surface area contributed by atoms with E-state index in [0.717, 1.165) is 22.3 Å². The van der Waals surface area contributed by atoms with Crippen LogP contribution in [0.15, 0.2) is 42.6 Å². The molecule has 0 bridgehead atoms. The molecule has 1 aromatic carbocycles. The molecular weight excluding hydrogens is 313 g/mol. The van der Waals surface area contributed by atoms with Crippen molar-refractivity contribution in [1.82, 2.24) is 15.3 Å². The fraction of sp³-hybridized carbons (Fsp3) is 0.167. The molecule has 2 heterocycles. The number of pyridine rings is 1. The van der Waals surface area contributed by atoms with Crippen LogP contribution in [0.2, 0.25) is 5.02 Å². The molecule has 0 aliphatic carbocycles. The summed E-state index contributed by atoms with van der Waals surface area (Å²) in [6, 6.07) is 9.28. The molecule has 0 radical (unpaired) electrons. The molecule has 2 N–H and O–H groups in total. The van der Waals surface area contributed by atoms with Gasteiger partial charge in [0.15, 0.2) is 0 Å². The molecule has 5 heteroatoms. The van der Waals surface area contributed by atoms with Gasteiger partial charge in [-0.1, -0.05) is 24.2 Å². The van der Waals surface area contributed by atoms with Gasteiger partial charge in [-0.05, 0) is 38.1 Å². The highest BCUT2D eigenvalue weighted by molar-refractivity contribution is 6.34. The molecule has 2 aromatic heterocycles. The molecule has 118 valence electrons. The highest BCUT2D eigenvalue weighted by Crippen LogP contribution is 2.31. The molecular formula is C18H17ClFN3. The average Bonchev–Trinajstić information content (AvgIpc) is 2.89. The van der Waals surface area contributed by atoms with Crippen LogP contribution in [0, 0.1) is 12.9 Å². The predicted molar refractivity (Wildman–Crippen MR) is 92.9 cm³/mol. The summed E-state index contributed by atoms with van der Waals surface area (Å²) in [5, 5.41) is 4.73. The summed E-state index contributed by atoms with van der Waals surface area (Å²) in [6.45, 7) is 8.07. The Hall–Kier alpha value is -2.33. The van der Waals surface area contributed by atoms with Crippen LogP contribution in [-0.2, 0) is 6.54 Å². The summed E-state index contributed by atoms with van der Waals surface area (Å²) in [4.78, 5) is 7.32. The SMILES string of the molecule is C=C(C)NCc1cc2cc(Cl)c(-c3ccc(C)c(F)n3)cc2[nH]1. The minimum absolute atomic E-state index is 0.475. The van der Waals surface area contributed by atoms with Crippen molar-refractivity contribution >= 4 is 22.5 Å². The molecule has 0 spiro atoms. The number of hydrogen-bond acceptors (Lipinski definition) is 2. The molecule has 0 unspecified atom stereocenters. The zero-order chi connectivity index (χ0) is 16.6. The van der Waals surface area contributed by atoms with Crippen LogP contribution in [0.3, 0.4) is 0 Å². The smallest absolute Gasteiger partial charge is 0.216 e. The van der Waals surface area contributed by atoms with E-state index in [4.69, 9.17) is 11.6 Å². The van der Waals surface area contributed by atoms with Gasteiger partial charge in [-0.2, -0.15) is 4.39 Å². The van der Waals surface area contributed by atoms with Gasteiger partial charge in [0.1, 0.15) is 0 Å². The van der Waals surface area contributed by atoms with E-state index in [2.05, 4.69) is 21.9 Å². The number of hydrogen-bond donors (Lipinski definition) is 2. The van der Waals surface area contributed by atoms with Crippen LogP contribution in [0.4, 0.5) is 4.39 Å². The quantitative estimate of drug-likeness (QED) is 0.665. The van der Waals surface area contributed by atoms with Gasteiger partial charge in [0.05, 0.1) is 17.3 Å². The van der Waals surface area contributed by atoms with Crippen molar-refractivity contribution in [2.24, 2.45) is 0 Å². The van der Waals surface area contributed by atoms with Crippen molar-refractivity contribution in [3.8, 4) is 11.3 Å². The van der Waals surface area contributed by atoms with Crippen LogP contribution in [-0.4, -0.2) is 9.97 Å². The van der Waals surface area contributed by atoms with E-state index in [1.807, 2.05) is 25.1 Å². The lowest BCUT2D eigenvalue weighted by Crippen LogP contribution is -2.09. The van der Waals surface area contributed by atoms with Crippen molar-refractivity contribution in [2.75, 3.05) is 0 Å². The van der Waals surface area contributed by atoms with Gasteiger partial charge >= 0.3 is 0 Å². The Kier molecular flexibility index (Phi) is 4.09. The van der Waals surface area contributed by atoms with Gasteiger partial charge in [-0.15, -0.1) is 0 Å². The van der Waals surface area contributed by atoms with E-state index in [1.54, 1.807) is 19.1 Å². The van der Waals surface area contributed by atoms with Crippen LogP contribution in [0.5, 0.6) is 0 Å². The third-order valence-electron chi connectivity index (χ3n) is 3.66. The number of fused-ring (bicyclic) bond motifs is 1. The standard InChI is InChI=1S/C18H17ClFN3/c1-10(2)21-9-13-6-12-7-15(19)14(8-17(12)22-13)16-5-4-11(3)18(20)23-16/h4-8,21-22H,1,9H2,2-3H3. The first-order valence-electron chi connectivity index (χ1n) is 7.28. The normalized spacial score (nSPS) is 11.0. The third-order valence-corrected chi connectivity index (χ3v) is 3.97. The summed E-state index contributed by atoms with van der Waals surface area (Å²) >= 11 is 6.36. The van der Waals surface area contributed by atoms with E-state index in [9.17, 15) is 4.39 Å². The average molecular weight is 330 g/mol. The number of halogens is 2. The van der Waals surface area contributed by atoms with Gasteiger partial charge in [0, 0.05) is 33.4 Å². The first-order valence-corrected chi connectivity index (χ1v) is 7.66. The number of aromatic nitrogens is 2. The van der Waals surface area contributed by atoms with Crippen molar-refractivity contribution in [3.63, 3.8) is 0 Å². The number of rotatable bonds is 4. The Balaban J connectivity index is 2.02. The monoisotopic (exact) mass is 329 g/mol. The summed E-state index contributed by atoms with van der Waals surface area (Å²) in [5.74, 6) is -0.475. The molecule has 0 aliphatic heterocycles.